The lowest BCUT2D eigenvalue weighted by molar-refractivity contribution is -0.121. The summed E-state index contributed by atoms with van der Waals surface area (Å²) in [4.78, 5) is 22.1. The Labute approximate surface area is 111 Å². The lowest BCUT2D eigenvalue weighted by Gasteiger charge is -2.11. The van der Waals surface area contributed by atoms with Crippen molar-refractivity contribution >= 4 is 11.9 Å². The number of carbonyl (C=O) groups excluding carboxylic acids is 1. The van der Waals surface area contributed by atoms with Gasteiger partial charge in [0, 0.05) is 19.0 Å². The summed E-state index contributed by atoms with van der Waals surface area (Å²) in [6.45, 7) is 2.39. The van der Waals surface area contributed by atoms with Gasteiger partial charge >= 0.3 is 5.97 Å². The van der Waals surface area contributed by atoms with Gasteiger partial charge in [0.25, 0.3) is 0 Å². The number of carboxylic acid groups (broad SMARTS) is 1. The molecule has 104 valence electrons. The predicted octanol–water partition coefficient (Wildman–Crippen LogP) is 1.30. The highest BCUT2D eigenvalue weighted by Gasteiger charge is 2.23. The first-order chi connectivity index (χ1) is 9.06. The second kappa shape index (κ2) is 5.88. The normalized spacial score (nSPS) is 16.1. The molecule has 2 rings (SSSR count). The van der Waals surface area contributed by atoms with Gasteiger partial charge in [-0.1, -0.05) is 0 Å². The van der Waals surface area contributed by atoms with E-state index in [4.69, 9.17) is 9.52 Å². The fourth-order valence-electron chi connectivity index (χ4n) is 1.73. The van der Waals surface area contributed by atoms with Crippen molar-refractivity contribution in [3.05, 3.63) is 23.7 Å². The molecule has 1 aromatic rings. The monoisotopic (exact) mass is 266 g/mol. The molecule has 1 aromatic heterocycles. The molecule has 6 heteroatoms. The molecule has 0 spiro atoms. The molecule has 0 aliphatic heterocycles. The van der Waals surface area contributed by atoms with Crippen LogP contribution in [0.25, 0.3) is 0 Å². The van der Waals surface area contributed by atoms with Crippen LogP contribution in [-0.2, 0) is 4.79 Å². The van der Waals surface area contributed by atoms with Gasteiger partial charge in [0.1, 0.15) is 5.76 Å². The summed E-state index contributed by atoms with van der Waals surface area (Å²) in [5.41, 5.74) is 0. The van der Waals surface area contributed by atoms with Crippen LogP contribution in [-0.4, -0.2) is 29.6 Å². The molecule has 1 atom stereocenters. The lowest BCUT2D eigenvalue weighted by atomic mass is 10.2. The fraction of sp³-hybridized carbons (Fsp3) is 0.538. The molecule has 3 N–H and O–H groups in total. The maximum atomic E-state index is 11.5. The van der Waals surface area contributed by atoms with E-state index in [0.717, 1.165) is 12.8 Å². The molecule has 1 aliphatic carbocycles. The molecule has 0 saturated heterocycles. The highest BCUT2D eigenvalue weighted by atomic mass is 16.4. The van der Waals surface area contributed by atoms with Gasteiger partial charge in [0.05, 0.1) is 6.04 Å². The minimum absolute atomic E-state index is 0.0490. The van der Waals surface area contributed by atoms with Crippen molar-refractivity contribution < 1.29 is 19.1 Å². The third-order valence-electron chi connectivity index (χ3n) is 3.01. The zero-order valence-corrected chi connectivity index (χ0v) is 10.8. The Kier molecular flexibility index (Phi) is 4.21. The van der Waals surface area contributed by atoms with Crippen molar-refractivity contribution in [2.75, 3.05) is 6.54 Å². The zero-order valence-electron chi connectivity index (χ0n) is 10.8. The number of rotatable bonds is 7. The molecule has 1 fully saturated rings. The molecule has 6 nitrogen and oxygen atoms in total. The maximum Gasteiger partial charge on any atom is 0.371 e. The lowest BCUT2D eigenvalue weighted by Crippen LogP contribution is -2.30. The minimum atomic E-state index is -1.08. The molecule has 19 heavy (non-hydrogen) atoms. The number of aromatic carboxylic acids is 1. The standard InChI is InChI=1S/C13H18N2O4/c1-8(10-4-5-11(19-10)13(17)18)14-7-6-12(16)15-9-2-3-9/h4-5,8-9,14H,2-3,6-7H2,1H3,(H,15,16)(H,17,18). The SMILES string of the molecule is CC(NCCC(=O)NC1CC1)c1ccc(C(=O)O)o1. The van der Waals surface area contributed by atoms with Gasteiger partial charge in [-0.25, -0.2) is 4.79 Å². The van der Waals surface area contributed by atoms with E-state index in [9.17, 15) is 9.59 Å². The predicted molar refractivity (Wildman–Crippen MR) is 67.9 cm³/mol. The third kappa shape index (κ3) is 4.10. The first-order valence-electron chi connectivity index (χ1n) is 6.42. The van der Waals surface area contributed by atoms with Gasteiger partial charge < -0.3 is 20.2 Å². The van der Waals surface area contributed by atoms with Gasteiger partial charge in [0.15, 0.2) is 0 Å². The van der Waals surface area contributed by atoms with Gasteiger partial charge in [0.2, 0.25) is 11.7 Å². The number of carboxylic acids is 1. The number of amides is 1. The van der Waals surface area contributed by atoms with Crippen LogP contribution >= 0.6 is 0 Å². The average Bonchev–Trinajstić information content (AvgIpc) is 3.01. The van der Waals surface area contributed by atoms with Crippen molar-refractivity contribution in [1.29, 1.82) is 0 Å². The molecule has 0 bridgehead atoms. The van der Waals surface area contributed by atoms with Gasteiger partial charge in [-0.05, 0) is 31.9 Å². The van der Waals surface area contributed by atoms with E-state index >= 15 is 0 Å². The summed E-state index contributed by atoms with van der Waals surface area (Å²) < 4.78 is 5.18. The molecular formula is C13H18N2O4. The van der Waals surface area contributed by atoms with Crippen LogP contribution in [0.2, 0.25) is 0 Å². The Morgan fingerprint density at radius 3 is 2.79 bits per heavy atom. The summed E-state index contributed by atoms with van der Waals surface area (Å²) in [5.74, 6) is -0.551. The maximum absolute atomic E-state index is 11.5. The first kappa shape index (κ1) is 13.6. The summed E-state index contributed by atoms with van der Waals surface area (Å²) in [7, 11) is 0. The van der Waals surface area contributed by atoms with Crippen molar-refractivity contribution in [2.24, 2.45) is 0 Å². The Morgan fingerprint density at radius 2 is 2.21 bits per heavy atom. The largest absolute Gasteiger partial charge is 0.475 e. The first-order valence-corrected chi connectivity index (χ1v) is 6.42. The molecule has 0 aromatic carbocycles. The van der Waals surface area contributed by atoms with Crippen molar-refractivity contribution in [3.63, 3.8) is 0 Å². The molecule has 0 radical (unpaired) electrons. The van der Waals surface area contributed by atoms with E-state index < -0.39 is 5.97 Å². The van der Waals surface area contributed by atoms with E-state index in [-0.39, 0.29) is 17.7 Å². The molecule has 1 unspecified atom stereocenters. The van der Waals surface area contributed by atoms with Crippen molar-refractivity contribution in [3.8, 4) is 0 Å². The molecule has 1 saturated carbocycles. The molecule has 1 heterocycles. The highest BCUT2D eigenvalue weighted by molar-refractivity contribution is 5.84. The summed E-state index contributed by atoms with van der Waals surface area (Å²) in [6.07, 6.45) is 2.58. The van der Waals surface area contributed by atoms with Crippen LogP contribution < -0.4 is 10.6 Å². The van der Waals surface area contributed by atoms with E-state index in [1.807, 2.05) is 6.92 Å². The number of hydrogen-bond donors (Lipinski definition) is 3. The second-order valence-electron chi connectivity index (χ2n) is 4.77. The number of carbonyl (C=O) groups is 2. The van der Waals surface area contributed by atoms with E-state index in [2.05, 4.69) is 10.6 Å². The van der Waals surface area contributed by atoms with E-state index in [1.54, 1.807) is 6.07 Å². The van der Waals surface area contributed by atoms with E-state index in [1.165, 1.54) is 6.07 Å². The Balaban J connectivity index is 1.71. The Hall–Kier alpha value is -1.82. The smallest absolute Gasteiger partial charge is 0.371 e. The highest BCUT2D eigenvalue weighted by Crippen LogP contribution is 2.19. The topological polar surface area (TPSA) is 91.6 Å². The van der Waals surface area contributed by atoms with Crippen molar-refractivity contribution in [1.82, 2.24) is 10.6 Å². The number of nitrogens with one attached hydrogen (secondary N) is 2. The van der Waals surface area contributed by atoms with E-state index in [0.29, 0.717) is 24.8 Å². The summed E-state index contributed by atoms with van der Waals surface area (Å²) >= 11 is 0. The summed E-state index contributed by atoms with van der Waals surface area (Å²) in [6, 6.07) is 3.32. The van der Waals surface area contributed by atoms with Crippen LogP contribution in [0, 0.1) is 0 Å². The van der Waals surface area contributed by atoms with Gasteiger partial charge in [-0.2, -0.15) is 0 Å². The second-order valence-corrected chi connectivity index (χ2v) is 4.77. The minimum Gasteiger partial charge on any atom is -0.475 e. The van der Waals surface area contributed by atoms with Crippen LogP contribution in [0.15, 0.2) is 16.5 Å². The summed E-state index contributed by atoms with van der Waals surface area (Å²) in [5, 5.41) is 14.8. The Bertz CT molecular complexity index is 465. The fourth-order valence-corrected chi connectivity index (χ4v) is 1.73. The van der Waals surface area contributed by atoms with Crippen molar-refractivity contribution in [2.45, 2.75) is 38.3 Å². The average molecular weight is 266 g/mol. The van der Waals surface area contributed by atoms with Crippen LogP contribution in [0.1, 0.15) is 48.5 Å². The van der Waals surface area contributed by atoms with Crippen LogP contribution in [0.4, 0.5) is 0 Å². The van der Waals surface area contributed by atoms with Gasteiger partial charge in [-0.15, -0.1) is 0 Å². The number of furan rings is 1. The molecular weight excluding hydrogens is 248 g/mol. The van der Waals surface area contributed by atoms with Crippen LogP contribution in [0.5, 0.6) is 0 Å². The van der Waals surface area contributed by atoms with Gasteiger partial charge in [-0.3, -0.25) is 4.79 Å². The number of hydrogen-bond acceptors (Lipinski definition) is 4. The molecule has 1 aliphatic rings. The zero-order chi connectivity index (χ0) is 13.8. The Morgan fingerprint density at radius 1 is 1.47 bits per heavy atom. The molecule has 1 amide bonds. The quantitative estimate of drug-likeness (QED) is 0.692. The van der Waals surface area contributed by atoms with Crippen LogP contribution in [0.3, 0.4) is 0 Å². The third-order valence-corrected chi connectivity index (χ3v) is 3.01.